The molecule has 0 aliphatic heterocycles. The summed E-state index contributed by atoms with van der Waals surface area (Å²) >= 11 is 0. The minimum Gasteiger partial charge on any atom is -0.493 e. The van der Waals surface area contributed by atoms with Crippen LogP contribution in [0.2, 0.25) is 0 Å². The molecule has 1 unspecified atom stereocenters. The highest BCUT2D eigenvalue weighted by Gasteiger charge is 2.15. The third-order valence-corrected chi connectivity index (χ3v) is 4.27. The van der Waals surface area contributed by atoms with E-state index in [1.165, 1.54) is 17.3 Å². The molecule has 0 saturated carbocycles. The van der Waals surface area contributed by atoms with E-state index in [0.717, 1.165) is 5.56 Å². The number of carbonyl (C=O) groups excluding carboxylic acids is 1. The van der Waals surface area contributed by atoms with Crippen LogP contribution in [-0.2, 0) is 0 Å². The molecule has 3 rings (SSSR count). The molecule has 2 aromatic heterocycles. The summed E-state index contributed by atoms with van der Waals surface area (Å²) in [5, 5.41) is 7.03. The first kappa shape index (κ1) is 20.3. The van der Waals surface area contributed by atoms with Crippen molar-refractivity contribution in [2.24, 2.45) is 5.92 Å². The zero-order valence-electron chi connectivity index (χ0n) is 17.0. The third kappa shape index (κ3) is 5.10. The van der Waals surface area contributed by atoms with E-state index >= 15 is 0 Å². The van der Waals surface area contributed by atoms with Crippen LogP contribution in [0, 0.1) is 5.92 Å². The van der Waals surface area contributed by atoms with Crippen LogP contribution < -0.4 is 14.8 Å². The molecule has 1 N–H and O–H groups in total. The molecule has 1 aromatic carbocycles. The first-order valence-electron chi connectivity index (χ1n) is 9.40. The normalized spacial score (nSPS) is 11.9. The lowest BCUT2D eigenvalue weighted by atomic mass is 10.1. The van der Waals surface area contributed by atoms with Gasteiger partial charge < -0.3 is 14.8 Å². The van der Waals surface area contributed by atoms with E-state index in [4.69, 9.17) is 9.47 Å². The molecule has 8 nitrogen and oxygen atoms in total. The summed E-state index contributed by atoms with van der Waals surface area (Å²) in [4.78, 5) is 20.8. The molecule has 0 spiro atoms. The van der Waals surface area contributed by atoms with E-state index < -0.39 is 0 Å². The van der Waals surface area contributed by atoms with Gasteiger partial charge in [0.2, 0.25) is 0 Å². The Hall–Kier alpha value is -3.42. The largest absolute Gasteiger partial charge is 0.493 e. The number of ether oxygens (including phenoxy) is 2. The van der Waals surface area contributed by atoms with E-state index in [9.17, 15) is 4.79 Å². The Kier molecular flexibility index (Phi) is 6.43. The highest BCUT2D eigenvalue weighted by atomic mass is 16.5. The topological polar surface area (TPSA) is 91.2 Å². The standard InChI is InChI=1S/C21H25N5O3/c1-14(2)11-29-18-6-5-16(9-19(18)28-4)15(3)25-21(27)17-7-8-23-20(10-17)26-13-22-12-24-26/h5-10,12-15H,11H2,1-4H3,(H,25,27). The average Bonchev–Trinajstić information content (AvgIpc) is 3.27. The molecule has 29 heavy (non-hydrogen) atoms. The summed E-state index contributed by atoms with van der Waals surface area (Å²) in [6.07, 6.45) is 4.51. The predicted octanol–water partition coefficient (Wildman–Crippen LogP) is 3.20. The number of aromatic nitrogens is 4. The monoisotopic (exact) mass is 395 g/mol. The van der Waals surface area contributed by atoms with Gasteiger partial charge in [-0.1, -0.05) is 19.9 Å². The van der Waals surface area contributed by atoms with Gasteiger partial charge in [0.25, 0.3) is 5.91 Å². The van der Waals surface area contributed by atoms with Gasteiger partial charge >= 0.3 is 0 Å². The number of hydrogen-bond acceptors (Lipinski definition) is 6. The first-order valence-corrected chi connectivity index (χ1v) is 9.40. The van der Waals surface area contributed by atoms with Crippen molar-refractivity contribution in [3.05, 3.63) is 60.3 Å². The fraction of sp³-hybridized carbons (Fsp3) is 0.333. The number of rotatable bonds is 8. The summed E-state index contributed by atoms with van der Waals surface area (Å²) < 4.78 is 12.7. The van der Waals surface area contributed by atoms with Crippen LogP contribution >= 0.6 is 0 Å². The van der Waals surface area contributed by atoms with Gasteiger partial charge in [0, 0.05) is 11.8 Å². The van der Waals surface area contributed by atoms with Gasteiger partial charge in [-0.15, -0.1) is 0 Å². The zero-order chi connectivity index (χ0) is 20.8. The van der Waals surface area contributed by atoms with E-state index in [-0.39, 0.29) is 11.9 Å². The van der Waals surface area contributed by atoms with Crippen LogP contribution in [0.3, 0.4) is 0 Å². The molecule has 1 amide bonds. The SMILES string of the molecule is COc1cc(C(C)NC(=O)c2ccnc(-n3cncn3)c2)ccc1OCC(C)C. The maximum Gasteiger partial charge on any atom is 0.251 e. The summed E-state index contributed by atoms with van der Waals surface area (Å²) in [5.41, 5.74) is 1.40. The summed E-state index contributed by atoms with van der Waals surface area (Å²) in [7, 11) is 1.60. The van der Waals surface area contributed by atoms with Gasteiger partial charge in [-0.2, -0.15) is 5.10 Å². The van der Waals surface area contributed by atoms with Gasteiger partial charge in [0.1, 0.15) is 12.7 Å². The number of methoxy groups -OCH3 is 1. The van der Waals surface area contributed by atoms with Crippen LogP contribution in [0.1, 0.15) is 42.7 Å². The molecule has 1 atom stereocenters. The maximum absolute atomic E-state index is 12.7. The second-order valence-corrected chi connectivity index (χ2v) is 7.05. The van der Waals surface area contributed by atoms with Crippen LogP contribution in [-0.4, -0.2) is 39.4 Å². The van der Waals surface area contributed by atoms with E-state index in [1.54, 1.807) is 25.4 Å². The van der Waals surface area contributed by atoms with Gasteiger partial charge in [0.15, 0.2) is 17.3 Å². The number of nitrogens with one attached hydrogen (secondary N) is 1. The number of pyridine rings is 1. The Morgan fingerprint density at radius 3 is 2.69 bits per heavy atom. The lowest BCUT2D eigenvalue weighted by molar-refractivity contribution is 0.0939. The predicted molar refractivity (Wildman–Crippen MR) is 108 cm³/mol. The van der Waals surface area contributed by atoms with E-state index in [1.807, 2.05) is 25.1 Å². The van der Waals surface area contributed by atoms with Gasteiger partial charge in [-0.25, -0.2) is 14.6 Å². The van der Waals surface area contributed by atoms with Crippen molar-refractivity contribution in [2.75, 3.05) is 13.7 Å². The number of nitrogens with zero attached hydrogens (tertiary/aromatic N) is 4. The second kappa shape index (κ2) is 9.18. The lowest BCUT2D eigenvalue weighted by Crippen LogP contribution is -2.26. The molecule has 8 heteroatoms. The first-order chi connectivity index (χ1) is 14.0. The number of hydrogen-bond donors (Lipinski definition) is 1. The Labute approximate surface area is 169 Å². The fourth-order valence-corrected chi connectivity index (χ4v) is 2.70. The van der Waals surface area contributed by atoms with Gasteiger partial charge in [-0.05, 0) is 42.7 Å². The average molecular weight is 395 g/mol. The minimum absolute atomic E-state index is 0.208. The molecule has 0 radical (unpaired) electrons. The molecular weight excluding hydrogens is 370 g/mol. The highest BCUT2D eigenvalue weighted by Crippen LogP contribution is 2.30. The number of benzene rings is 1. The minimum atomic E-state index is -0.224. The summed E-state index contributed by atoms with van der Waals surface area (Å²) in [5.74, 6) is 2.06. The van der Waals surface area contributed by atoms with E-state index in [0.29, 0.717) is 35.4 Å². The molecule has 0 saturated heterocycles. The van der Waals surface area contributed by atoms with Crippen molar-refractivity contribution in [3.8, 4) is 17.3 Å². The smallest absolute Gasteiger partial charge is 0.251 e. The molecule has 0 aliphatic rings. The quantitative estimate of drug-likeness (QED) is 0.630. The Morgan fingerprint density at radius 1 is 1.17 bits per heavy atom. The Morgan fingerprint density at radius 2 is 2.00 bits per heavy atom. The van der Waals surface area contributed by atoms with Crippen molar-refractivity contribution in [2.45, 2.75) is 26.8 Å². The molecule has 2 heterocycles. The molecule has 152 valence electrons. The lowest BCUT2D eigenvalue weighted by Gasteiger charge is -2.18. The van der Waals surface area contributed by atoms with Crippen molar-refractivity contribution < 1.29 is 14.3 Å². The summed E-state index contributed by atoms with van der Waals surface area (Å²) in [6, 6.07) is 8.78. The zero-order valence-corrected chi connectivity index (χ0v) is 17.0. The molecule has 3 aromatic rings. The molecular formula is C21H25N5O3. The highest BCUT2D eigenvalue weighted by molar-refractivity contribution is 5.94. The van der Waals surface area contributed by atoms with Crippen LogP contribution in [0.4, 0.5) is 0 Å². The van der Waals surface area contributed by atoms with Crippen molar-refractivity contribution >= 4 is 5.91 Å². The Bertz CT molecular complexity index is 957. The van der Waals surface area contributed by atoms with Crippen molar-refractivity contribution in [1.82, 2.24) is 25.1 Å². The molecule has 0 fully saturated rings. The van der Waals surface area contributed by atoms with Crippen molar-refractivity contribution in [3.63, 3.8) is 0 Å². The molecule has 0 aliphatic carbocycles. The van der Waals surface area contributed by atoms with Crippen LogP contribution in [0.25, 0.3) is 5.82 Å². The van der Waals surface area contributed by atoms with Crippen LogP contribution in [0.15, 0.2) is 49.2 Å². The number of carbonyl (C=O) groups is 1. The fourth-order valence-electron chi connectivity index (χ4n) is 2.70. The van der Waals surface area contributed by atoms with E-state index in [2.05, 4.69) is 34.2 Å². The summed E-state index contributed by atoms with van der Waals surface area (Å²) in [6.45, 7) is 6.71. The third-order valence-electron chi connectivity index (χ3n) is 4.27. The second-order valence-electron chi connectivity index (χ2n) is 7.05. The van der Waals surface area contributed by atoms with Crippen LogP contribution in [0.5, 0.6) is 11.5 Å². The van der Waals surface area contributed by atoms with Crippen molar-refractivity contribution in [1.29, 1.82) is 0 Å². The molecule has 0 bridgehead atoms. The number of amides is 1. The van der Waals surface area contributed by atoms with Gasteiger partial charge in [-0.3, -0.25) is 4.79 Å². The van der Waals surface area contributed by atoms with Gasteiger partial charge in [0.05, 0.1) is 19.8 Å². The Balaban J connectivity index is 1.72. The maximum atomic E-state index is 12.7.